The van der Waals surface area contributed by atoms with E-state index < -0.39 is 0 Å². The third-order valence-corrected chi connectivity index (χ3v) is 12.0. The number of aromatic nitrogens is 6. The van der Waals surface area contributed by atoms with Crippen LogP contribution in [0.1, 0.15) is 0 Å². The maximum absolute atomic E-state index is 5.28. The maximum atomic E-state index is 5.28. The molecule has 0 fully saturated rings. The first-order chi connectivity index (χ1) is 27.3. The van der Waals surface area contributed by atoms with Crippen LogP contribution in [0.5, 0.6) is 0 Å². The van der Waals surface area contributed by atoms with Crippen molar-refractivity contribution in [3.05, 3.63) is 170 Å². The molecule has 0 saturated heterocycles. The summed E-state index contributed by atoms with van der Waals surface area (Å²) in [6, 6.07) is 59.5. The number of imidazole rings is 1. The van der Waals surface area contributed by atoms with Crippen LogP contribution < -0.4 is 0 Å². The highest BCUT2D eigenvalue weighted by atomic mass is 32.1. The van der Waals surface area contributed by atoms with Crippen LogP contribution in [-0.4, -0.2) is 28.9 Å². The number of rotatable bonds is 4. The number of benzene rings is 7. The van der Waals surface area contributed by atoms with Crippen molar-refractivity contribution in [1.29, 1.82) is 0 Å². The Morgan fingerprint density at radius 3 is 1.87 bits per heavy atom. The molecule has 12 aromatic rings. The van der Waals surface area contributed by atoms with E-state index in [9.17, 15) is 0 Å². The van der Waals surface area contributed by atoms with Crippen LogP contribution in [0, 0.1) is 0 Å². The molecule has 0 aliphatic rings. The van der Waals surface area contributed by atoms with E-state index >= 15 is 0 Å². The van der Waals surface area contributed by atoms with Crippen molar-refractivity contribution in [3.63, 3.8) is 0 Å². The zero-order valence-corrected chi connectivity index (χ0v) is 30.1. The van der Waals surface area contributed by atoms with Gasteiger partial charge >= 0.3 is 0 Å². The zero-order chi connectivity index (χ0) is 36.0. The fraction of sp³-hybridized carbons (Fsp3) is 0. The van der Waals surface area contributed by atoms with Gasteiger partial charge in [-0.3, -0.25) is 8.97 Å². The van der Waals surface area contributed by atoms with Crippen LogP contribution in [0.15, 0.2) is 170 Å². The lowest BCUT2D eigenvalue weighted by atomic mass is 9.99. The van der Waals surface area contributed by atoms with E-state index in [1.165, 1.54) is 25.7 Å². The summed E-state index contributed by atoms with van der Waals surface area (Å²) in [5, 5.41) is 7.03. The van der Waals surface area contributed by atoms with E-state index in [4.69, 9.17) is 19.9 Å². The van der Waals surface area contributed by atoms with Gasteiger partial charge in [0.2, 0.25) is 5.95 Å². The molecule has 7 heteroatoms. The first-order valence-corrected chi connectivity index (χ1v) is 19.1. The summed E-state index contributed by atoms with van der Waals surface area (Å²) in [5.41, 5.74) is 9.03. The molecule has 12 rings (SSSR count). The van der Waals surface area contributed by atoms with Gasteiger partial charge in [0.05, 0.1) is 16.6 Å². The number of pyridine rings is 1. The minimum Gasteiger partial charge on any atom is -0.277 e. The van der Waals surface area contributed by atoms with E-state index in [1.54, 1.807) is 0 Å². The van der Waals surface area contributed by atoms with Gasteiger partial charge in [0.1, 0.15) is 11.3 Å². The molecule has 0 atom stereocenters. The minimum absolute atomic E-state index is 0.543. The van der Waals surface area contributed by atoms with Gasteiger partial charge in [-0.1, -0.05) is 140 Å². The van der Waals surface area contributed by atoms with Crippen molar-refractivity contribution < 1.29 is 0 Å². The van der Waals surface area contributed by atoms with Gasteiger partial charge in [0, 0.05) is 47.5 Å². The third kappa shape index (κ3) is 4.48. The zero-order valence-electron chi connectivity index (χ0n) is 29.3. The summed E-state index contributed by atoms with van der Waals surface area (Å²) in [4.78, 5) is 20.8. The number of thiophene rings is 1. The lowest BCUT2D eigenvalue weighted by Gasteiger charge is -2.12. The Hall–Kier alpha value is -7.22. The van der Waals surface area contributed by atoms with Crippen molar-refractivity contribution in [3.8, 4) is 39.9 Å². The summed E-state index contributed by atoms with van der Waals surface area (Å²) in [6.07, 6.45) is 0. The van der Waals surface area contributed by atoms with Gasteiger partial charge in [0.25, 0.3) is 0 Å². The number of hydrogen-bond acceptors (Lipinski definition) is 5. The summed E-state index contributed by atoms with van der Waals surface area (Å²) in [7, 11) is 0. The molecule has 0 bridgehead atoms. The summed E-state index contributed by atoms with van der Waals surface area (Å²) < 4.78 is 7.11. The smallest absolute Gasteiger partial charge is 0.239 e. The Kier molecular flexibility index (Phi) is 6.40. The number of para-hydroxylation sites is 2. The third-order valence-electron chi connectivity index (χ3n) is 10.8. The molecular weight excluding hydrogens is 693 g/mol. The van der Waals surface area contributed by atoms with E-state index in [1.807, 2.05) is 47.7 Å². The first kappa shape index (κ1) is 30.3. The Labute approximate surface area is 318 Å². The molecule has 5 heterocycles. The topological polar surface area (TPSA) is 60.9 Å². The Morgan fingerprint density at radius 1 is 0.436 bits per heavy atom. The largest absolute Gasteiger partial charge is 0.277 e. The summed E-state index contributed by atoms with van der Waals surface area (Å²) in [6.45, 7) is 0. The molecule has 0 spiro atoms. The second-order valence-corrected chi connectivity index (χ2v) is 14.9. The molecule has 55 heavy (non-hydrogen) atoms. The number of hydrogen-bond donors (Lipinski definition) is 0. The molecule has 0 aliphatic heterocycles. The van der Waals surface area contributed by atoms with E-state index in [0.29, 0.717) is 17.6 Å². The van der Waals surface area contributed by atoms with Crippen LogP contribution >= 0.6 is 11.3 Å². The molecule has 7 aromatic carbocycles. The van der Waals surface area contributed by atoms with E-state index in [2.05, 4.69) is 142 Å². The van der Waals surface area contributed by atoms with Gasteiger partial charge in [-0.05, 0) is 46.8 Å². The normalized spacial score (nSPS) is 12.0. The Morgan fingerprint density at radius 2 is 1.09 bits per heavy atom. The van der Waals surface area contributed by atoms with Crippen LogP contribution in [0.3, 0.4) is 0 Å². The minimum atomic E-state index is 0.543. The molecule has 0 radical (unpaired) electrons. The number of nitrogens with zero attached hydrogens (tertiary/aromatic N) is 6. The van der Waals surface area contributed by atoms with Crippen molar-refractivity contribution in [2.45, 2.75) is 0 Å². The van der Waals surface area contributed by atoms with Crippen LogP contribution in [-0.2, 0) is 0 Å². The summed E-state index contributed by atoms with van der Waals surface area (Å²) in [5.74, 6) is 1.77. The Balaban J connectivity index is 1.26. The lowest BCUT2D eigenvalue weighted by Crippen LogP contribution is -2.08. The lowest BCUT2D eigenvalue weighted by molar-refractivity contribution is 0.940. The fourth-order valence-corrected chi connectivity index (χ4v) is 9.55. The van der Waals surface area contributed by atoms with Crippen LogP contribution in [0.25, 0.3) is 109 Å². The average molecular weight is 721 g/mol. The average Bonchev–Trinajstić information content (AvgIpc) is 3.94. The van der Waals surface area contributed by atoms with E-state index in [0.717, 1.165) is 66.1 Å². The van der Waals surface area contributed by atoms with Crippen molar-refractivity contribution in [2.75, 3.05) is 0 Å². The second kappa shape index (κ2) is 11.6. The highest BCUT2D eigenvalue weighted by Gasteiger charge is 2.25. The van der Waals surface area contributed by atoms with E-state index in [-0.39, 0.29) is 0 Å². The maximum Gasteiger partial charge on any atom is 0.239 e. The first-order valence-electron chi connectivity index (χ1n) is 18.3. The van der Waals surface area contributed by atoms with Gasteiger partial charge in [-0.25, -0.2) is 9.97 Å². The quantitative estimate of drug-likeness (QED) is 0.182. The van der Waals surface area contributed by atoms with Gasteiger partial charge in [-0.15, -0.1) is 11.3 Å². The molecule has 5 aromatic heterocycles. The highest BCUT2D eigenvalue weighted by molar-refractivity contribution is 7.26. The van der Waals surface area contributed by atoms with Crippen molar-refractivity contribution >= 4 is 80.9 Å². The van der Waals surface area contributed by atoms with Gasteiger partial charge < -0.3 is 0 Å². The molecule has 0 unspecified atom stereocenters. The van der Waals surface area contributed by atoms with Crippen LogP contribution in [0.4, 0.5) is 0 Å². The number of fused-ring (bicyclic) bond motifs is 13. The Bertz CT molecular complexity index is 3430. The molecule has 0 saturated carbocycles. The summed E-state index contributed by atoms with van der Waals surface area (Å²) >= 11 is 1.86. The predicted octanol–water partition coefficient (Wildman–Crippen LogP) is 12.3. The molecular formula is C48H28N6S. The SMILES string of the molecule is c1ccc(-c2nc(-c3ccccc3)nc(-n3c4ccc(-c5cccc6c5sc5ccccc56)cc4c4c5ccccc5c5nc6ccccc6n5c43)n2)cc1. The van der Waals surface area contributed by atoms with Crippen molar-refractivity contribution in [2.24, 2.45) is 0 Å². The molecule has 0 amide bonds. The van der Waals surface area contributed by atoms with Crippen LogP contribution in [0.2, 0.25) is 0 Å². The molecule has 256 valence electrons. The standard InChI is InChI=1S/C48H28N6S/c1-3-14-29(15-4-1)44-50-45(30-16-5-2-6-17-30)52-48(51-44)54-39-27-26-31(32-21-13-22-35-33-18-9-12-25-41(33)55-43(32)35)28-37(39)42-34-19-7-8-20-36(34)46-49-38-23-10-11-24-40(38)53(46)47(42)54/h1-28H. The predicted molar refractivity (Wildman–Crippen MR) is 227 cm³/mol. The van der Waals surface area contributed by atoms with Crippen molar-refractivity contribution in [1.82, 2.24) is 28.9 Å². The highest BCUT2D eigenvalue weighted by Crippen LogP contribution is 2.44. The van der Waals surface area contributed by atoms with Gasteiger partial charge in [0.15, 0.2) is 11.6 Å². The van der Waals surface area contributed by atoms with Gasteiger partial charge in [-0.2, -0.15) is 9.97 Å². The second-order valence-electron chi connectivity index (χ2n) is 13.9. The molecule has 6 nitrogen and oxygen atoms in total. The fourth-order valence-electron chi connectivity index (χ4n) is 8.31. The monoisotopic (exact) mass is 720 g/mol. The molecule has 0 N–H and O–H groups in total. The molecule has 0 aliphatic carbocycles.